The molecule has 2 aromatic heterocycles. The minimum Gasteiger partial charge on any atom is -0.652 e. The maximum absolute atomic E-state index is 8.33. The van der Waals surface area contributed by atoms with Gasteiger partial charge in [0, 0.05) is 11.6 Å². The molecule has 0 spiro atoms. The SMILES string of the molecule is O.O.O.O=C([O-])[O-].[Cu+2].[OH3+].c1ccc(-c2ccc3ccccc3n2)nc1. The number of hydrogen-bond donors (Lipinski definition) is 0. The molecule has 3 rings (SSSR count). The predicted molar refractivity (Wildman–Crippen MR) is 86.1 cm³/mol. The molecule has 0 fully saturated rings. The molecule has 141 valence electrons. The van der Waals surface area contributed by atoms with Crippen LogP contribution in [-0.2, 0) is 22.5 Å². The molecule has 0 amide bonds. The van der Waals surface area contributed by atoms with Gasteiger partial charge in [0.05, 0.1) is 16.9 Å². The number of benzene rings is 1. The van der Waals surface area contributed by atoms with Gasteiger partial charge in [0.15, 0.2) is 0 Å². The van der Waals surface area contributed by atoms with Gasteiger partial charge in [-0.3, -0.25) is 4.98 Å². The zero-order chi connectivity index (χ0) is 14.4. The van der Waals surface area contributed by atoms with E-state index in [0.717, 1.165) is 22.3 Å². The van der Waals surface area contributed by atoms with Gasteiger partial charge < -0.3 is 36.9 Å². The van der Waals surface area contributed by atoms with E-state index in [4.69, 9.17) is 15.0 Å². The van der Waals surface area contributed by atoms with Crippen LogP contribution in [0, 0.1) is 0 Å². The number of aromatic nitrogens is 2. The van der Waals surface area contributed by atoms with Gasteiger partial charge in [-0.1, -0.05) is 30.3 Å². The van der Waals surface area contributed by atoms with Gasteiger partial charge in [0.1, 0.15) is 0 Å². The molecule has 3 aromatic rings. The van der Waals surface area contributed by atoms with E-state index in [1.807, 2.05) is 42.5 Å². The van der Waals surface area contributed by atoms with E-state index < -0.39 is 6.16 Å². The Morgan fingerprint density at radius 1 is 0.800 bits per heavy atom. The smallest absolute Gasteiger partial charge is 0.652 e. The number of hydrogen-bond acceptors (Lipinski definition) is 5. The van der Waals surface area contributed by atoms with Crippen LogP contribution >= 0.6 is 0 Å². The second kappa shape index (κ2) is 15.0. The molecule has 0 aliphatic rings. The van der Waals surface area contributed by atoms with E-state index in [2.05, 4.69) is 22.1 Å². The molecule has 0 atom stereocenters. The number of carbonyl (C=O) groups is 1. The Labute approximate surface area is 153 Å². The molecule has 1 radical (unpaired) electrons. The molecule has 1 aromatic carbocycles. The van der Waals surface area contributed by atoms with E-state index in [9.17, 15) is 0 Å². The number of pyridine rings is 2. The summed E-state index contributed by atoms with van der Waals surface area (Å²) in [6.45, 7) is 0. The van der Waals surface area contributed by atoms with Crippen molar-refractivity contribution in [2.24, 2.45) is 0 Å². The van der Waals surface area contributed by atoms with E-state index >= 15 is 0 Å². The van der Waals surface area contributed by atoms with Crippen LogP contribution in [0.15, 0.2) is 60.8 Å². The summed E-state index contributed by atoms with van der Waals surface area (Å²) < 4.78 is 0. The number of carbonyl (C=O) groups excluding carboxylic acids is 1. The monoisotopic (exact) mass is 402 g/mol. The summed E-state index contributed by atoms with van der Waals surface area (Å²) >= 11 is 0. The van der Waals surface area contributed by atoms with Gasteiger partial charge in [-0.15, -0.1) is 0 Å². The second-order valence-electron chi connectivity index (χ2n) is 3.85. The Balaban J connectivity index is -0.000000225. The quantitative estimate of drug-likeness (QED) is 0.316. The molecule has 0 aliphatic heterocycles. The van der Waals surface area contributed by atoms with Crippen molar-refractivity contribution < 1.29 is 54.0 Å². The molecule has 0 saturated heterocycles. The van der Waals surface area contributed by atoms with Crippen molar-refractivity contribution in [1.29, 1.82) is 0 Å². The number of nitrogens with zero attached hydrogens (tertiary/aromatic N) is 2. The zero-order valence-electron chi connectivity index (χ0n) is 12.8. The minimum atomic E-state index is -2.33. The standard InChI is InChI=1S/C14H10N2.CH2O3.Cu.4H2O/c1-2-6-12-11(5-1)8-9-14(16-12)13-7-3-4-10-15-13;2-1(3)4;;;;;/h1-10H;(H2,2,3,4);;4*1H2/q;;+2;;;;/p-1. The minimum absolute atomic E-state index is 0. The maximum atomic E-state index is 8.33. The molecule has 0 aliphatic carbocycles. The first-order valence-corrected chi connectivity index (χ1v) is 5.82. The molecular weight excluding hydrogens is 384 g/mol. The fourth-order valence-corrected chi connectivity index (χ4v) is 1.72. The van der Waals surface area contributed by atoms with Gasteiger partial charge in [0.25, 0.3) is 0 Å². The molecule has 9 N–H and O–H groups in total. The Kier molecular flexibility index (Phi) is 18.1. The number of carboxylic acid groups (broad SMARTS) is 2. The topological polar surface area (TPSA) is 216 Å². The Bertz CT molecular complexity index is 725. The fraction of sp³-hybridized carbons (Fsp3) is 0. The van der Waals surface area contributed by atoms with E-state index in [0.29, 0.717) is 0 Å². The van der Waals surface area contributed by atoms with Gasteiger partial charge in [-0.05, 0) is 30.4 Å². The summed E-state index contributed by atoms with van der Waals surface area (Å²) in [5.74, 6) is 0. The van der Waals surface area contributed by atoms with Crippen molar-refractivity contribution in [3.8, 4) is 11.4 Å². The fourth-order valence-electron chi connectivity index (χ4n) is 1.72. The summed E-state index contributed by atoms with van der Waals surface area (Å²) in [5, 5.41) is 17.8. The third-order valence-electron chi connectivity index (χ3n) is 2.53. The Morgan fingerprint density at radius 3 is 1.92 bits per heavy atom. The zero-order valence-corrected chi connectivity index (χ0v) is 13.7. The van der Waals surface area contributed by atoms with E-state index in [-0.39, 0.29) is 39.0 Å². The molecule has 0 unspecified atom stereocenters. The largest absolute Gasteiger partial charge is 2.00 e. The third-order valence-corrected chi connectivity index (χ3v) is 2.53. The first kappa shape index (κ1) is 30.3. The van der Waals surface area contributed by atoms with E-state index in [1.54, 1.807) is 6.20 Å². The average molecular weight is 403 g/mol. The molecule has 25 heavy (non-hydrogen) atoms. The van der Waals surface area contributed by atoms with Crippen LogP contribution in [0.5, 0.6) is 0 Å². The van der Waals surface area contributed by atoms with Crippen LogP contribution < -0.4 is 10.2 Å². The van der Waals surface area contributed by atoms with Gasteiger partial charge in [-0.2, -0.15) is 0 Å². The second-order valence-corrected chi connectivity index (χ2v) is 3.85. The molecule has 9 nitrogen and oxygen atoms in total. The summed E-state index contributed by atoms with van der Waals surface area (Å²) in [5.41, 5.74) is 2.83. The number of fused-ring (bicyclic) bond motifs is 1. The molecule has 0 saturated carbocycles. The number of rotatable bonds is 1. The van der Waals surface area contributed by atoms with Gasteiger partial charge >= 0.3 is 17.1 Å². The Hall–Kier alpha value is -2.59. The molecule has 2 heterocycles. The van der Waals surface area contributed by atoms with Crippen LogP contribution in [0.4, 0.5) is 4.79 Å². The summed E-state index contributed by atoms with van der Waals surface area (Å²) in [7, 11) is 0. The molecule has 0 bridgehead atoms. The molecular formula is C15H19CuN2O7+. The van der Waals surface area contributed by atoms with Crippen LogP contribution in [-0.4, -0.2) is 32.6 Å². The van der Waals surface area contributed by atoms with Crippen molar-refractivity contribution in [3.05, 3.63) is 60.8 Å². The van der Waals surface area contributed by atoms with Crippen molar-refractivity contribution in [2.45, 2.75) is 0 Å². The van der Waals surface area contributed by atoms with Crippen LogP contribution in [0.3, 0.4) is 0 Å². The summed E-state index contributed by atoms with van der Waals surface area (Å²) in [6.07, 6.45) is -0.549. The van der Waals surface area contributed by atoms with Crippen molar-refractivity contribution >= 4 is 17.1 Å². The average Bonchev–Trinajstić information content (AvgIpc) is 2.47. The summed E-state index contributed by atoms with van der Waals surface area (Å²) in [4.78, 5) is 17.2. The summed E-state index contributed by atoms with van der Waals surface area (Å²) in [6, 6.07) is 18.0. The van der Waals surface area contributed by atoms with Crippen molar-refractivity contribution in [2.75, 3.05) is 0 Å². The van der Waals surface area contributed by atoms with Crippen molar-refractivity contribution in [1.82, 2.24) is 9.97 Å². The normalized spacial score (nSPS) is 7.68. The van der Waals surface area contributed by atoms with Crippen LogP contribution in [0.1, 0.15) is 0 Å². The predicted octanol–water partition coefficient (Wildman–Crippen LogP) is -2.55. The van der Waals surface area contributed by atoms with Gasteiger partial charge in [-0.25, -0.2) is 4.98 Å². The third kappa shape index (κ3) is 9.33. The first-order valence-electron chi connectivity index (χ1n) is 5.82. The van der Waals surface area contributed by atoms with Gasteiger partial charge in [0.2, 0.25) is 0 Å². The van der Waals surface area contributed by atoms with Crippen LogP contribution in [0.2, 0.25) is 0 Å². The Morgan fingerprint density at radius 2 is 1.36 bits per heavy atom. The van der Waals surface area contributed by atoms with Crippen molar-refractivity contribution in [3.63, 3.8) is 0 Å². The van der Waals surface area contributed by atoms with Crippen LogP contribution in [0.25, 0.3) is 22.3 Å². The maximum Gasteiger partial charge on any atom is 2.00 e. The molecule has 10 heteroatoms. The number of para-hydroxylation sites is 1. The van der Waals surface area contributed by atoms with E-state index in [1.165, 1.54) is 0 Å². The first-order chi connectivity index (χ1) is 9.66.